The van der Waals surface area contributed by atoms with E-state index in [4.69, 9.17) is 5.73 Å². The Balaban J connectivity index is 1.57. The average molecular weight is 356 g/mol. The van der Waals surface area contributed by atoms with Gasteiger partial charge in [0.2, 0.25) is 5.91 Å². The van der Waals surface area contributed by atoms with Crippen molar-refractivity contribution in [1.29, 1.82) is 0 Å². The van der Waals surface area contributed by atoms with Crippen molar-refractivity contribution in [3.63, 3.8) is 0 Å². The van der Waals surface area contributed by atoms with Crippen molar-refractivity contribution in [2.24, 2.45) is 5.73 Å². The summed E-state index contributed by atoms with van der Waals surface area (Å²) in [6, 6.07) is 8.09. The van der Waals surface area contributed by atoms with Gasteiger partial charge in [-0.3, -0.25) is 4.79 Å². The molecule has 2 fully saturated rings. The van der Waals surface area contributed by atoms with Crippen molar-refractivity contribution in [3.8, 4) is 0 Å². The number of piperidine rings is 1. The van der Waals surface area contributed by atoms with Crippen LogP contribution in [0.4, 0.5) is 4.79 Å². The van der Waals surface area contributed by atoms with Gasteiger partial charge in [-0.05, 0) is 37.4 Å². The molecule has 1 atom stereocenters. The van der Waals surface area contributed by atoms with Gasteiger partial charge in [0.25, 0.3) is 0 Å². The summed E-state index contributed by atoms with van der Waals surface area (Å²) < 4.78 is 0. The van der Waals surface area contributed by atoms with Gasteiger partial charge in [0, 0.05) is 44.7 Å². The van der Waals surface area contributed by atoms with Crippen LogP contribution in [0, 0.1) is 0 Å². The predicted molar refractivity (Wildman–Crippen MR) is 99.9 cm³/mol. The van der Waals surface area contributed by atoms with Crippen LogP contribution < -0.4 is 5.73 Å². The molecule has 0 unspecified atom stereocenters. The van der Waals surface area contributed by atoms with Gasteiger partial charge >= 0.3 is 6.03 Å². The number of hydrogen-bond donors (Lipinski definition) is 1. The maximum atomic E-state index is 13.3. The Hall–Kier alpha value is -2.08. The van der Waals surface area contributed by atoms with Crippen LogP contribution in [0.2, 0.25) is 0 Å². The predicted octanol–water partition coefficient (Wildman–Crippen LogP) is 1.36. The van der Waals surface area contributed by atoms with E-state index in [-0.39, 0.29) is 23.3 Å². The number of hydrogen-bond acceptors (Lipinski definition) is 3. The molecule has 2 N–H and O–H groups in total. The number of urea groups is 1. The number of piperazine rings is 1. The largest absolute Gasteiger partial charge is 0.351 e. The fourth-order valence-corrected chi connectivity index (χ4v) is 4.99. The summed E-state index contributed by atoms with van der Waals surface area (Å²) >= 11 is 0. The molecule has 6 heteroatoms. The molecule has 2 aliphatic heterocycles. The molecular weight excluding hydrogens is 328 g/mol. The molecular formula is C20H28N4O2. The minimum atomic E-state index is -0.337. The lowest BCUT2D eigenvalue weighted by atomic mass is 9.73. The summed E-state index contributed by atoms with van der Waals surface area (Å²) in [5, 5.41) is 0. The zero-order valence-electron chi connectivity index (χ0n) is 15.5. The fourth-order valence-electron chi connectivity index (χ4n) is 4.99. The molecule has 0 bridgehead atoms. The van der Waals surface area contributed by atoms with E-state index in [1.807, 2.05) is 11.0 Å². The number of nitrogens with zero attached hydrogens (tertiary/aromatic N) is 3. The molecule has 2 heterocycles. The van der Waals surface area contributed by atoms with Crippen molar-refractivity contribution in [2.75, 3.05) is 46.3 Å². The minimum absolute atomic E-state index is 0.00937. The van der Waals surface area contributed by atoms with E-state index >= 15 is 0 Å². The summed E-state index contributed by atoms with van der Waals surface area (Å²) in [4.78, 5) is 30.8. The molecule has 1 spiro atoms. The van der Waals surface area contributed by atoms with Gasteiger partial charge < -0.3 is 20.4 Å². The van der Waals surface area contributed by atoms with Crippen molar-refractivity contribution in [3.05, 3.63) is 35.4 Å². The Kier molecular flexibility index (Phi) is 4.39. The number of primary amides is 1. The monoisotopic (exact) mass is 356 g/mol. The number of carbonyl (C=O) groups is 2. The van der Waals surface area contributed by atoms with E-state index < -0.39 is 0 Å². The van der Waals surface area contributed by atoms with Crippen LogP contribution in [0.15, 0.2) is 24.3 Å². The lowest BCUT2D eigenvalue weighted by Gasteiger charge is -2.40. The third kappa shape index (κ3) is 2.86. The molecule has 3 aliphatic rings. The molecule has 1 aromatic carbocycles. The van der Waals surface area contributed by atoms with Crippen LogP contribution in [0.1, 0.15) is 36.3 Å². The SMILES string of the molecule is CN1CCN(C(=O)[C@H]2CC3(CCN(C(N)=O)CC3)c3ccccc32)CC1. The first kappa shape index (κ1) is 17.3. The summed E-state index contributed by atoms with van der Waals surface area (Å²) in [6.45, 7) is 4.88. The Morgan fingerprint density at radius 2 is 1.65 bits per heavy atom. The normalized spacial score (nSPS) is 25.3. The Morgan fingerprint density at radius 1 is 1.00 bits per heavy atom. The molecule has 4 rings (SSSR count). The first-order chi connectivity index (χ1) is 12.5. The smallest absolute Gasteiger partial charge is 0.314 e. The van der Waals surface area contributed by atoms with E-state index in [0.717, 1.165) is 45.4 Å². The fraction of sp³-hybridized carbons (Fsp3) is 0.600. The highest BCUT2D eigenvalue weighted by Crippen LogP contribution is 2.52. The zero-order valence-corrected chi connectivity index (χ0v) is 15.5. The minimum Gasteiger partial charge on any atom is -0.351 e. The first-order valence-corrected chi connectivity index (χ1v) is 9.61. The van der Waals surface area contributed by atoms with Gasteiger partial charge in [0.05, 0.1) is 5.92 Å². The van der Waals surface area contributed by atoms with Crippen LogP contribution in [-0.4, -0.2) is 73.0 Å². The highest BCUT2D eigenvalue weighted by molar-refractivity contribution is 5.86. The van der Waals surface area contributed by atoms with Gasteiger partial charge in [-0.1, -0.05) is 24.3 Å². The Labute approximate surface area is 154 Å². The molecule has 26 heavy (non-hydrogen) atoms. The van der Waals surface area contributed by atoms with Crippen molar-refractivity contribution in [2.45, 2.75) is 30.6 Å². The third-order valence-electron chi connectivity index (χ3n) is 6.65. The van der Waals surface area contributed by atoms with Gasteiger partial charge in [-0.25, -0.2) is 4.79 Å². The number of rotatable bonds is 1. The maximum absolute atomic E-state index is 13.3. The third-order valence-corrected chi connectivity index (χ3v) is 6.65. The lowest BCUT2D eigenvalue weighted by molar-refractivity contribution is -0.134. The molecule has 6 nitrogen and oxygen atoms in total. The zero-order chi connectivity index (χ0) is 18.3. The highest BCUT2D eigenvalue weighted by atomic mass is 16.2. The van der Waals surface area contributed by atoms with Crippen LogP contribution in [0.3, 0.4) is 0 Å². The molecule has 1 aliphatic carbocycles. The quantitative estimate of drug-likeness (QED) is 0.826. The van der Waals surface area contributed by atoms with Gasteiger partial charge in [-0.2, -0.15) is 0 Å². The van der Waals surface area contributed by atoms with Crippen LogP contribution in [0.25, 0.3) is 0 Å². The summed E-state index contributed by atoms with van der Waals surface area (Å²) in [6.07, 6.45) is 2.64. The molecule has 1 aromatic rings. The van der Waals surface area contributed by atoms with E-state index in [1.54, 1.807) is 4.90 Å². The van der Waals surface area contributed by atoms with Crippen LogP contribution >= 0.6 is 0 Å². The second-order valence-corrected chi connectivity index (χ2v) is 8.08. The number of nitrogens with two attached hydrogens (primary N) is 1. The van der Waals surface area contributed by atoms with E-state index in [9.17, 15) is 9.59 Å². The van der Waals surface area contributed by atoms with Crippen LogP contribution in [0.5, 0.6) is 0 Å². The summed E-state index contributed by atoms with van der Waals surface area (Å²) in [7, 11) is 2.11. The number of amides is 3. The second-order valence-electron chi connectivity index (χ2n) is 8.08. The molecule has 0 radical (unpaired) electrons. The maximum Gasteiger partial charge on any atom is 0.314 e. The van der Waals surface area contributed by atoms with Gasteiger partial charge in [-0.15, -0.1) is 0 Å². The number of benzene rings is 1. The number of carbonyl (C=O) groups excluding carboxylic acids is 2. The molecule has 2 saturated heterocycles. The first-order valence-electron chi connectivity index (χ1n) is 9.61. The van der Waals surface area contributed by atoms with E-state index in [0.29, 0.717) is 13.1 Å². The molecule has 0 aromatic heterocycles. The van der Waals surface area contributed by atoms with Crippen molar-refractivity contribution < 1.29 is 9.59 Å². The van der Waals surface area contributed by atoms with Crippen LogP contribution in [-0.2, 0) is 10.2 Å². The second kappa shape index (κ2) is 6.58. The number of likely N-dealkylation sites (tertiary alicyclic amines) is 1. The van der Waals surface area contributed by atoms with Gasteiger partial charge in [0.15, 0.2) is 0 Å². The van der Waals surface area contributed by atoms with Gasteiger partial charge in [0.1, 0.15) is 0 Å². The standard InChI is InChI=1S/C20H28N4O2/c1-22-10-12-23(13-11-22)18(25)16-14-20(17-5-3-2-4-15(16)17)6-8-24(9-7-20)19(21)26/h2-5,16H,6-14H2,1H3,(H2,21,26)/t16-/m0/s1. The highest BCUT2D eigenvalue weighted by Gasteiger charge is 2.48. The molecule has 0 saturated carbocycles. The Morgan fingerprint density at radius 3 is 2.31 bits per heavy atom. The Bertz CT molecular complexity index is 704. The lowest BCUT2D eigenvalue weighted by Crippen LogP contribution is -2.49. The van der Waals surface area contributed by atoms with E-state index in [2.05, 4.69) is 30.1 Å². The topological polar surface area (TPSA) is 69.9 Å². The summed E-state index contributed by atoms with van der Waals surface area (Å²) in [5.74, 6) is 0.231. The average Bonchev–Trinajstić information content (AvgIpc) is 2.97. The summed E-state index contributed by atoms with van der Waals surface area (Å²) in [5.41, 5.74) is 7.98. The van der Waals surface area contributed by atoms with E-state index in [1.165, 1.54) is 11.1 Å². The van der Waals surface area contributed by atoms with Crippen molar-refractivity contribution in [1.82, 2.24) is 14.7 Å². The number of likely N-dealkylation sites (N-methyl/N-ethyl adjacent to an activating group) is 1. The number of fused-ring (bicyclic) bond motifs is 2. The molecule has 3 amide bonds. The van der Waals surface area contributed by atoms with Crippen molar-refractivity contribution >= 4 is 11.9 Å². The molecule has 140 valence electrons.